The van der Waals surface area contributed by atoms with Gasteiger partial charge in [-0.25, -0.2) is 8.78 Å². The van der Waals surface area contributed by atoms with E-state index in [4.69, 9.17) is 10.8 Å². The molecule has 1 aromatic carbocycles. The van der Waals surface area contributed by atoms with Crippen LogP contribution in [0.3, 0.4) is 0 Å². The van der Waals surface area contributed by atoms with E-state index < -0.39 is 18.2 Å². The Morgan fingerprint density at radius 3 is 2.44 bits per heavy atom. The Kier molecular flexibility index (Phi) is 8.19. The minimum absolute atomic E-state index is 0. The molecular formula is C11H15ClF2N2O2. The van der Waals surface area contributed by atoms with Gasteiger partial charge in [-0.05, 0) is 0 Å². The fourth-order valence-corrected chi connectivity index (χ4v) is 1.09. The number of halogens is 3. The fourth-order valence-electron chi connectivity index (χ4n) is 1.09. The summed E-state index contributed by atoms with van der Waals surface area (Å²) in [6.07, 6.45) is -3.65. The minimum atomic E-state index is -2.74. The van der Waals surface area contributed by atoms with Crippen molar-refractivity contribution in [1.82, 2.24) is 0 Å². The van der Waals surface area contributed by atoms with E-state index in [-0.39, 0.29) is 31.1 Å². The van der Waals surface area contributed by atoms with Crippen LogP contribution in [-0.2, 0) is 4.84 Å². The Labute approximate surface area is 110 Å². The monoisotopic (exact) mass is 280 g/mol. The molecule has 0 aliphatic carbocycles. The van der Waals surface area contributed by atoms with Crippen LogP contribution < -0.4 is 5.73 Å². The molecule has 0 aliphatic rings. The second kappa shape index (κ2) is 8.79. The van der Waals surface area contributed by atoms with Gasteiger partial charge in [-0.3, -0.25) is 0 Å². The Morgan fingerprint density at radius 2 is 1.94 bits per heavy atom. The first-order valence-corrected chi connectivity index (χ1v) is 5.06. The van der Waals surface area contributed by atoms with Crippen LogP contribution >= 0.6 is 12.4 Å². The third-order valence-corrected chi connectivity index (χ3v) is 1.98. The zero-order valence-corrected chi connectivity index (χ0v) is 10.3. The summed E-state index contributed by atoms with van der Waals surface area (Å²) in [5, 5.41) is 12.4. The predicted octanol–water partition coefficient (Wildman–Crippen LogP) is 1.41. The van der Waals surface area contributed by atoms with Gasteiger partial charge in [0.15, 0.2) is 5.71 Å². The summed E-state index contributed by atoms with van der Waals surface area (Å²) in [5.41, 5.74) is 4.95. The highest BCUT2D eigenvalue weighted by Gasteiger charge is 2.16. The first-order chi connectivity index (χ1) is 8.15. The number of alkyl halides is 2. The highest BCUT2D eigenvalue weighted by molar-refractivity contribution is 6.02. The van der Waals surface area contributed by atoms with E-state index in [1.54, 1.807) is 18.2 Å². The maximum absolute atomic E-state index is 12.7. The molecule has 0 spiro atoms. The molecule has 4 nitrogen and oxygen atoms in total. The van der Waals surface area contributed by atoms with E-state index in [1.807, 2.05) is 0 Å². The summed E-state index contributed by atoms with van der Waals surface area (Å²) in [5.74, 6) is 0. The Balaban J connectivity index is 0.00000289. The first kappa shape index (κ1) is 16.8. The number of aliphatic hydroxyl groups excluding tert-OH is 1. The van der Waals surface area contributed by atoms with E-state index in [0.717, 1.165) is 0 Å². The summed E-state index contributed by atoms with van der Waals surface area (Å²) in [6.45, 7) is -0.218. The normalized spacial score (nSPS) is 13.1. The van der Waals surface area contributed by atoms with Crippen LogP contribution in [0, 0.1) is 0 Å². The molecule has 0 fully saturated rings. The molecule has 0 amide bonds. The van der Waals surface area contributed by atoms with Gasteiger partial charge in [-0.2, -0.15) is 0 Å². The van der Waals surface area contributed by atoms with Gasteiger partial charge in [0.05, 0.1) is 0 Å². The summed E-state index contributed by atoms with van der Waals surface area (Å²) in [4.78, 5) is 4.64. The molecule has 0 bridgehead atoms. The fraction of sp³-hybridized carbons (Fsp3) is 0.364. The molecule has 1 unspecified atom stereocenters. The third-order valence-electron chi connectivity index (χ3n) is 1.98. The van der Waals surface area contributed by atoms with Crippen LogP contribution in [-0.4, -0.2) is 36.5 Å². The third kappa shape index (κ3) is 5.39. The van der Waals surface area contributed by atoms with Crippen LogP contribution in [0.25, 0.3) is 0 Å². The topological polar surface area (TPSA) is 67.8 Å². The Hall–Kier alpha value is -1.24. The quantitative estimate of drug-likeness (QED) is 0.612. The number of nitrogens with zero attached hydrogens (tertiary/aromatic N) is 1. The molecule has 18 heavy (non-hydrogen) atoms. The lowest BCUT2D eigenvalue weighted by atomic mass is 10.1. The molecule has 0 saturated carbocycles. The number of nitrogens with two attached hydrogens (primary N) is 1. The van der Waals surface area contributed by atoms with Crippen LogP contribution in [0.15, 0.2) is 35.5 Å². The van der Waals surface area contributed by atoms with Gasteiger partial charge in [0.25, 0.3) is 6.43 Å². The van der Waals surface area contributed by atoms with Gasteiger partial charge in [-0.15, -0.1) is 12.4 Å². The van der Waals surface area contributed by atoms with Gasteiger partial charge < -0.3 is 15.7 Å². The van der Waals surface area contributed by atoms with Crippen molar-refractivity contribution in [2.24, 2.45) is 10.9 Å². The lowest BCUT2D eigenvalue weighted by molar-refractivity contribution is 0.0427. The summed E-state index contributed by atoms with van der Waals surface area (Å²) in [7, 11) is 0. The Morgan fingerprint density at radius 1 is 1.33 bits per heavy atom. The first-order valence-electron chi connectivity index (χ1n) is 5.06. The van der Waals surface area contributed by atoms with Gasteiger partial charge in [0, 0.05) is 12.1 Å². The Bertz CT molecular complexity index is 363. The van der Waals surface area contributed by atoms with Crippen molar-refractivity contribution in [2.75, 3.05) is 13.2 Å². The summed E-state index contributed by atoms with van der Waals surface area (Å²) >= 11 is 0. The van der Waals surface area contributed by atoms with E-state index in [0.29, 0.717) is 0 Å². The van der Waals surface area contributed by atoms with Crippen LogP contribution in [0.2, 0.25) is 0 Å². The van der Waals surface area contributed by atoms with Crippen LogP contribution in [0.1, 0.15) is 5.56 Å². The molecule has 3 N–H and O–H groups in total. The maximum atomic E-state index is 12.7. The van der Waals surface area contributed by atoms with E-state index in [9.17, 15) is 8.78 Å². The molecule has 1 aromatic rings. The van der Waals surface area contributed by atoms with E-state index in [1.165, 1.54) is 12.1 Å². The highest BCUT2D eigenvalue weighted by Crippen LogP contribution is 2.09. The lowest BCUT2D eigenvalue weighted by Gasteiger charge is -2.08. The smallest absolute Gasteiger partial charge is 0.284 e. The molecular weight excluding hydrogens is 266 g/mol. The number of hydrogen-bond acceptors (Lipinski definition) is 4. The van der Waals surface area contributed by atoms with Crippen molar-refractivity contribution >= 4 is 18.1 Å². The SMILES string of the molecule is Cl.NCC(O)CON=C(c1ccccc1)C(F)F. The molecule has 1 atom stereocenters. The van der Waals surface area contributed by atoms with Gasteiger partial charge >= 0.3 is 0 Å². The predicted molar refractivity (Wildman–Crippen MR) is 67.2 cm³/mol. The molecule has 0 aliphatic heterocycles. The molecule has 0 saturated heterocycles. The standard InChI is InChI=1S/C11H14F2N2O2.ClH/c12-11(13)10(8-4-2-1-3-5-8)15-17-7-9(16)6-14;/h1-5,9,11,16H,6-7,14H2;1H. The largest absolute Gasteiger partial charge is 0.393 e. The minimum Gasteiger partial charge on any atom is -0.393 e. The van der Waals surface area contributed by atoms with E-state index in [2.05, 4.69) is 9.99 Å². The zero-order chi connectivity index (χ0) is 12.7. The molecule has 7 heteroatoms. The van der Waals surface area contributed by atoms with Gasteiger partial charge in [-0.1, -0.05) is 35.5 Å². The average molecular weight is 281 g/mol. The summed E-state index contributed by atoms with van der Waals surface area (Å²) < 4.78 is 25.4. The van der Waals surface area contributed by atoms with Crippen molar-refractivity contribution in [2.45, 2.75) is 12.5 Å². The highest BCUT2D eigenvalue weighted by atomic mass is 35.5. The number of oxime groups is 1. The number of aliphatic hydroxyl groups is 1. The summed E-state index contributed by atoms with van der Waals surface area (Å²) in [6, 6.07) is 7.98. The second-order valence-electron chi connectivity index (χ2n) is 3.33. The van der Waals surface area contributed by atoms with Crippen LogP contribution in [0.4, 0.5) is 8.78 Å². The number of benzene rings is 1. The lowest BCUT2D eigenvalue weighted by Crippen LogP contribution is -2.24. The molecule has 102 valence electrons. The van der Waals surface area contributed by atoms with Crippen LogP contribution in [0.5, 0.6) is 0 Å². The number of hydrogen-bond donors (Lipinski definition) is 2. The van der Waals surface area contributed by atoms with Crippen molar-refractivity contribution in [3.63, 3.8) is 0 Å². The molecule has 0 heterocycles. The average Bonchev–Trinajstić information content (AvgIpc) is 2.34. The van der Waals surface area contributed by atoms with Gasteiger partial charge in [0.1, 0.15) is 12.7 Å². The van der Waals surface area contributed by atoms with Crippen molar-refractivity contribution < 1.29 is 18.7 Å². The van der Waals surface area contributed by atoms with Crippen molar-refractivity contribution in [3.8, 4) is 0 Å². The molecule has 1 rings (SSSR count). The van der Waals surface area contributed by atoms with Gasteiger partial charge in [0.2, 0.25) is 0 Å². The molecule has 0 aromatic heterocycles. The van der Waals surface area contributed by atoms with Crippen molar-refractivity contribution in [1.29, 1.82) is 0 Å². The van der Waals surface area contributed by atoms with E-state index >= 15 is 0 Å². The number of rotatable bonds is 6. The maximum Gasteiger partial charge on any atom is 0.284 e. The molecule has 0 radical (unpaired) electrons. The van der Waals surface area contributed by atoms with Crippen molar-refractivity contribution in [3.05, 3.63) is 35.9 Å². The zero-order valence-electron chi connectivity index (χ0n) is 9.50. The second-order valence-corrected chi connectivity index (χ2v) is 3.33.